The molecule has 2 aromatic rings. The Kier molecular flexibility index (Phi) is 4.49. The van der Waals surface area contributed by atoms with Crippen LogP contribution in [0.25, 0.3) is 6.08 Å². The molecule has 0 radical (unpaired) electrons. The quantitative estimate of drug-likeness (QED) is 0.687. The highest BCUT2D eigenvalue weighted by atomic mass is 32.1. The monoisotopic (exact) mass is 340 g/mol. The molecule has 0 aliphatic carbocycles. The van der Waals surface area contributed by atoms with Crippen molar-refractivity contribution in [2.75, 3.05) is 4.90 Å². The summed E-state index contributed by atoms with van der Waals surface area (Å²) in [5.74, 6) is -0.135. The number of nitrogens with zero attached hydrogens (tertiary/aromatic N) is 3. The van der Waals surface area contributed by atoms with Crippen molar-refractivity contribution in [3.8, 4) is 0 Å². The van der Waals surface area contributed by atoms with Gasteiger partial charge in [-0.1, -0.05) is 25.1 Å². The van der Waals surface area contributed by atoms with Gasteiger partial charge in [0.25, 0.3) is 5.91 Å². The van der Waals surface area contributed by atoms with Crippen LogP contribution < -0.4 is 10.2 Å². The molecule has 0 unspecified atom stereocenters. The first kappa shape index (κ1) is 16.4. The number of amides is 1. The fourth-order valence-electron chi connectivity index (χ4n) is 2.77. The molecule has 0 bridgehead atoms. The summed E-state index contributed by atoms with van der Waals surface area (Å²) in [5, 5.41) is 7.85. The fraction of sp³-hybridized carbons (Fsp3) is 0.278. The van der Waals surface area contributed by atoms with Gasteiger partial charge in [0, 0.05) is 18.3 Å². The Morgan fingerprint density at radius 1 is 1.29 bits per heavy atom. The molecule has 6 heteroatoms. The van der Waals surface area contributed by atoms with E-state index in [9.17, 15) is 4.79 Å². The molecule has 1 aliphatic rings. The highest BCUT2D eigenvalue weighted by Gasteiger charge is 2.33. The number of thiocarbonyl (C=S) groups is 1. The summed E-state index contributed by atoms with van der Waals surface area (Å²) in [7, 11) is 0. The lowest BCUT2D eigenvalue weighted by atomic mass is 10.1. The number of nitrogens with one attached hydrogen (secondary N) is 1. The summed E-state index contributed by atoms with van der Waals surface area (Å²) >= 11 is 5.39. The second-order valence-electron chi connectivity index (χ2n) is 5.64. The van der Waals surface area contributed by atoms with Gasteiger partial charge in [-0.25, -0.2) is 0 Å². The van der Waals surface area contributed by atoms with Gasteiger partial charge in [-0.15, -0.1) is 0 Å². The summed E-state index contributed by atoms with van der Waals surface area (Å²) in [6, 6.07) is 7.83. The molecule has 1 aromatic heterocycles. The summed E-state index contributed by atoms with van der Waals surface area (Å²) in [6.45, 7) is 6.82. The van der Waals surface area contributed by atoms with Gasteiger partial charge < -0.3 is 5.32 Å². The number of aromatic nitrogens is 2. The molecule has 5 nitrogen and oxygen atoms in total. The number of anilines is 1. The lowest BCUT2D eigenvalue weighted by molar-refractivity contribution is -0.113. The summed E-state index contributed by atoms with van der Waals surface area (Å²) in [4.78, 5) is 14.4. The van der Waals surface area contributed by atoms with Crippen LogP contribution in [0.2, 0.25) is 0 Å². The number of carbonyl (C=O) groups is 1. The minimum atomic E-state index is -0.135. The van der Waals surface area contributed by atoms with Gasteiger partial charge in [0.2, 0.25) is 0 Å². The fourth-order valence-corrected chi connectivity index (χ4v) is 3.07. The second kappa shape index (κ2) is 6.57. The van der Waals surface area contributed by atoms with Gasteiger partial charge >= 0.3 is 0 Å². The Balaban J connectivity index is 1.97. The maximum Gasteiger partial charge on any atom is 0.281 e. The first-order valence-corrected chi connectivity index (χ1v) is 8.45. The number of aryl methyl sites for hydroxylation is 3. The number of hydrogen-bond acceptors (Lipinski definition) is 3. The molecule has 3 rings (SSSR count). The smallest absolute Gasteiger partial charge is 0.281 e. The highest BCUT2D eigenvalue weighted by Crippen LogP contribution is 2.26. The second-order valence-corrected chi connectivity index (χ2v) is 6.02. The van der Waals surface area contributed by atoms with E-state index in [0.717, 1.165) is 35.5 Å². The largest absolute Gasteiger partial charge is 0.327 e. The molecular formula is C18H20N4OS. The first-order valence-electron chi connectivity index (χ1n) is 8.04. The Bertz CT molecular complexity index is 837. The van der Waals surface area contributed by atoms with Crippen molar-refractivity contribution >= 4 is 35.0 Å². The molecule has 0 spiro atoms. The lowest BCUT2D eigenvalue weighted by Gasteiger charge is -2.17. The summed E-state index contributed by atoms with van der Waals surface area (Å²) in [5.41, 5.74) is 4.21. The Labute approximate surface area is 147 Å². The molecule has 0 saturated carbocycles. The van der Waals surface area contributed by atoms with Gasteiger partial charge in [-0.3, -0.25) is 14.4 Å². The normalized spacial score (nSPS) is 16.1. The van der Waals surface area contributed by atoms with E-state index in [0.29, 0.717) is 10.8 Å². The van der Waals surface area contributed by atoms with Crippen LogP contribution in [-0.2, 0) is 17.8 Å². The molecule has 1 N–H and O–H groups in total. The molecule has 1 amide bonds. The van der Waals surface area contributed by atoms with Crippen LogP contribution in [0.15, 0.2) is 36.2 Å². The number of rotatable bonds is 4. The molecule has 1 aliphatic heterocycles. The number of para-hydroxylation sites is 1. The van der Waals surface area contributed by atoms with E-state index >= 15 is 0 Å². The third-order valence-electron chi connectivity index (χ3n) is 4.10. The van der Waals surface area contributed by atoms with Crippen molar-refractivity contribution in [2.24, 2.45) is 0 Å². The van der Waals surface area contributed by atoms with E-state index in [1.165, 1.54) is 0 Å². The third kappa shape index (κ3) is 2.85. The first-order chi connectivity index (χ1) is 11.5. The minimum Gasteiger partial charge on any atom is -0.327 e. The van der Waals surface area contributed by atoms with Crippen LogP contribution in [0.5, 0.6) is 0 Å². The molecule has 1 saturated heterocycles. The number of hydrogen-bond donors (Lipinski definition) is 1. The predicted molar refractivity (Wildman–Crippen MR) is 99.7 cm³/mol. The predicted octanol–water partition coefficient (Wildman–Crippen LogP) is 3.04. The van der Waals surface area contributed by atoms with Crippen molar-refractivity contribution in [1.82, 2.24) is 15.1 Å². The molecule has 2 heterocycles. The van der Waals surface area contributed by atoms with Crippen molar-refractivity contribution in [3.63, 3.8) is 0 Å². The molecule has 1 aromatic carbocycles. The third-order valence-corrected chi connectivity index (χ3v) is 4.38. The Hall–Kier alpha value is -2.47. The van der Waals surface area contributed by atoms with Crippen LogP contribution in [0.4, 0.5) is 5.69 Å². The SMILES string of the molecule is CCc1ccccc1N1C(=O)/C(=C\c2cn(CC)nc2C)NC1=S. The number of benzene rings is 1. The topological polar surface area (TPSA) is 50.2 Å². The van der Waals surface area contributed by atoms with Crippen LogP contribution >= 0.6 is 12.2 Å². The van der Waals surface area contributed by atoms with Crippen molar-refractivity contribution in [1.29, 1.82) is 0 Å². The zero-order valence-corrected chi connectivity index (χ0v) is 14.9. The molecule has 1 fully saturated rings. The van der Waals surface area contributed by atoms with E-state index < -0.39 is 0 Å². The van der Waals surface area contributed by atoms with Crippen LogP contribution in [0, 0.1) is 6.92 Å². The van der Waals surface area contributed by atoms with Crippen LogP contribution in [0.3, 0.4) is 0 Å². The van der Waals surface area contributed by atoms with Crippen LogP contribution in [-0.4, -0.2) is 20.8 Å². The van der Waals surface area contributed by atoms with E-state index in [1.807, 2.05) is 55.1 Å². The van der Waals surface area contributed by atoms with Gasteiger partial charge in [0.05, 0.1) is 11.4 Å². The van der Waals surface area contributed by atoms with E-state index in [1.54, 1.807) is 4.90 Å². The number of carbonyl (C=O) groups excluding carboxylic acids is 1. The van der Waals surface area contributed by atoms with Crippen LogP contribution in [0.1, 0.15) is 30.7 Å². The molecular weight excluding hydrogens is 320 g/mol. The van der Waals surface area contributed by atoms with Gasteiger partial charge in [0.15, 0.2) is 5.11 Å². The zero-order chi connectivity index (χ0) is 17.3. The standard InChI is InChI=1S/C18H20N4OS/c1-4-13-8-6-7-9-16(13)22-17(23)15(19-18(22)24)10-14-11-21(5-2)20-12(14)3/h6-11H,4-5H2,1-3H3,(H,19,24)/b15-10+. The maximum atomic E-state index is 12.9. The molecule has 24 heavy (non-hydrogen) atoms. The highest BCUT2D eigenvalue weighted by molar-refractivity contribution is 7.80. The van der Waals surface area contributed by atoms with E-state index in [-0.39, 0.29) is 5.91 Å². The molecule has 124 valence electrons. The lowest BCUT2D eigenvalue weighted by Crippen LogP contribution is -2.31. The van der Waals surface area contributed by atoms with Crippen molar-refractivity contribution in [2.45, 2.75) is 33.7 Å². The summed E-state index contributed by atoms with van der Waals surface area (Å²) in [6.07, 6.45) is 4.59. The Morgan fingerprint density at radius 3 is 2.71 bits per heavy atom. The maximum absolute atomic E-state index is 12.9. The van der Waals surface area contributed by atoms with E-state index in [4.69, 9.17) is 12.2 Å². The average Bonchev–Trinajstić information content (AvgIpc) is 3.07. The van der Waals surface area contributed by atoms with E-state index in [2.05, 4.69) is 17.3 Å². The summed E-state index contributed by atoms with van der Waals surface area (Å²) < 4.78 is 1.85. The van der Waals surface area contributed by atoms with Gasteiger partial charge in [-0.05, 0) is 50.2 Å². The zero-order valence-electron chi connectivity index (χ0n) is 14.0. The average molecular weight is 340 g/mol. The van der Waals surface area contributed by atoms with Gasteiger partial charge in [0.1, 0.15) is 5.70 Å². The van der Waals surface area contributed by atoms with Crippen molar-refractivity contribution < 1.29 is 4.79 Å². The van der Waals surface area contributed by atoms with Gasteiger partial charge in [-0.2, -0.15) is 5.10 Å². The minimum absolute atomic E-state index is 0.135. The Morgan fingerprint density at radius 2 is 2.04 bits per heavy atom. The molecule has 0 atom stereocenters. The van der Waals surface area contributed by atoms with Crippen molar-refractivity contribution in [3.05, 3.63) is 53.0 Å².